The second-order valence-electron chi connectivity index (χ2n) is 5.60. The SMILES string of the molecule is NC(=O)c1csc(CNCCCC2CCCCC2O)c1. The molecule has 112 valence electrons. The number of hydrogen-bond donors (Lipinski definition) is 3. The summed E-state index contributed by atoms with van der Waals surface area (Å²) in [7, 11) is 0. The van der Waals surface area contributed by atoms with Gasteiger partial charge in [0.2, 0.25) is 5.91 Å². The van der Waals surface area contributed by atoms with Crippen molar-refractivity contribution in [2.75, 3.05) is 6.54 Å². The molecule has 4 nitrogen and oxygen atoms in total. The zero-order valence-corrected chi connectivity index (χ0v) is 12.6. The van der Waals surface area contributed by atoms with Crippen molar-refractivity contribution in [1.29, 1.82) is 0 Å². The van der Waals surface area contributed by atoms with E-state index in [-0.39, 0.29) is 12.0 Å². The fourth-order valence-corrected chi connectivity index (χ4v) is 3.67. The minimum Gasteiger partial charge on any atom is -0.393 e. The molecule has 0 aliphatic heterocycles. The summed E-state index contributed by atoms with van der Waals surface area (Å²) in [5, 5.41) is 15.1. The van der Waals surface area contributed by atoms with Crippen LogP contribution in [0.4, 0.5) is 0 Å². The number of nitrogens with one attached hydrogen (secondary N) is 1. The van der Waals surface area contributed by atoms with Crippen LogP contribution in [0, 0.1) is 5.92 Å². The number of rotatable bonds is 7. The minimum atomic E-state index is -0.362. The van der Waals surface area contributed by atoms with Crippen LogP contribution in [-0.4, -0.2) is 23.7 Å². The van der Waals surface area contributed by atoms with Gasteiger partial charge in [0.1, 0.15) is 0 Å². The molecule has 0 spiro atoms. The first-order chi connectivity index (χ1) is 9.66. The summed E-state index contributed by atoms with van der Waals surface area (Å²) in [4.78, 5) is 12.1. The molecule has 0 radical (unpaired) electrons. The highest BCUT2D eigenvalue weighted by Gasteiger charge is 2.21. The molecule has 2 unspecified atom stereocenters. The number of amides is 1. The van der Waals surface area contributed by atoms with Crippen molar-refractivity contribution in [3.8, 4) is 0 Å². The third-order valence-electron chi connectivity index (χ3n) is 4.03. The van der Waals surface area contributed by atoms with Gasteiger partial charge in [-0.25, -0.2) is 0 Å². The van der Waals surface area contributed by atoms with Crippen LogP contribution in [0.3, 0.4) is 0 Å². The molecule has 1 fully saturated rings. The van der Waals surface area contributed by atoms with Gasteiger partial charge in [0.05, 0.1) is 11.7 Å². The van der Waals surface area contributed by atoms with E-state index in [0.717, 1.165) is 37.2 Å². The molecule has 20 heavy (non-hydrogen) atoms. The maximum absolute atomic E-state index is 11.0. The van der Waals surface area contributed by atoms with Gasteiger partial charge >= 0.3 is 0 Å². The summed E-state index contributed by atoms with van der Waals surface area (Å²) in [5.41, 5.74) is 5.82. The molecular formula is C15H24N2O2S. The fourth-order valence-electron chi connectivity index (χ4n) is 2.83. The van der Waals surface area contributed by atoms with E-state index in [2.05, 4.69) is 5.32 Å². The molecule has 5 heteroatoms. The predicted molar refractivity (Wildman–Crippen MR) is 81.7 cm³/mol. The van der Waals surface area contributed by atoms with E-state index in [0.29, 0.717) is 11.5 Å². The number of primary amides is 1. The van der Waals surface area contributed by atoms with Gasteiger partial charge in [-0.05, 0) is 44.2 Å². The molecular weight excluding hydrogens is 272 g/mol. The van der Waals surface area contributed by atoms with Crippen molar-refractivity contribution in [2.45, 2.75) is 51.2 Å². The lowest BCUT2D eigenvalue weighted by atomic mass is 9.83. The minimum absolute atomic E-state index is 0.0841. The Balaban J connectivity index is 1.60. The average Bonchev–Trinajstić information content (AvgIpc) is 2.89. The maximum Gasteiger partial charge on any atom is 0.249 e. The third-order valence-corrected chi connectivity index (χ3v) is 4.97. The average molecular weight is 296 g/mol. The predicted octanol–water partition coefficient (Wildman–Crippen LogP) is 2.27. The van der Waals surface area contributed by atoms with Crippen molar-refractivity contribution in [2.24, 2.45) is 11.7 Å². The van der Waals surface area contributed by atoms with Crippen LogP contribution in [0.5, 0.6) is 0 Å². The van der Waals surface area contributed by atoms with Gasteiger partial charge in [-0.3, -0.25) is 4.79 Å². The molecule has 2 atom stereocenters. The molecule has 0 saturated heterocycles. The van der Waals surface area contributed by atoms with E-state index >= 15 is 0 Å². The van der Waals surface area contributed by atoms with Crippen molar-refractivity contribution < 1.29 is 9.90 Å². The number of carbonyl (C=O) groups is 1. The first-order valence-corrected chi connectivity index (χ1v) is 8.31. The van der Waals surface area contributed by atoms with Crippen LogP contribution >= 0.6 is 11.3 Å². The molecule has 1 aliphatic rings. The first kappa shape index (κ1) is 15.5. The summed E-state index contributed by atoms with van der Waals surface area (Å²) in [6.45, 7) is 1.73. The summed E-state index contributed by atoms with van der Waals surface area (Å²) in [5.74, 6) is 0.132. The van der Waals surface area contributed by atoms with E-state index in [9.17, 15) is 9.90 Å². The van der Waals surface area contributed by atoms with E-state index < -0.39 is 0 Å². The van der Waals surface area contributed by atoms with Crippen molar-refractivity contribution in [3.05, 3.63) is 21.9 Å². The molecule has 1 aliphatic carbocycles. The van der Waals surface area contributed by atoms with Gasteiger partial charge < -0.3 is 16.2 Å². The van der Waals surface area contributed by atoms with E-state index in [1.54, 1.807) is 16.7 Å². The zero-order chi connectivity index (χ0) is 14.4. The molecule has 2 rings (SSSR count). The van der Waals surface area contributed by atoms with Crippen molar-refractivity contribution >= 4 is 17.2 Å². The normalized spacial score (nSPS) is 22.9. The molecule has 0 bridgehead atoms. The second-order valence-corrected chi connectivity index (χ2v) is 6.59. The highest BCUT2D eigenvalue weighted by molar-refractivity contribution is 7.10. The lowest BCUT2D eigenvalue weighted by molar-refractivity contribution is 0.0643. The lowest BCUT2D eigenvalue weighted by Gasteiger charge is -2.27. The van der Waals surface area contributed by atoms with Gasteiger partial charge in [-0.15, -0.1) is 11.3 Å². The maximum atomic E-state index is 11.0. The topological polar surface area (TPSA) is 75.4 Å². The quantitative estimate of drug-likeness (QED) is 0.676. The fraction of sp³-hybridized carbons (Fsp3) is 0.667. The summed E-state index contributed by atoms with van der Waals surface area (Å²) >= 11 is 1.56. The number of thiophene rings is 1. The number of hydrogen-bond acceptors (Lipinski definition) is 4. The Labute approximate surface area is 124 Å². The highest BCUT2D eigenvalue weighted by atomic mass is 32.1. The summed E-state index contributed by atoms with van der Waals surface area (Å²) < 4.78 is 0. The number of aliphatic hydroxyl groups excluding tert-OH is 1. The van der Waals surface area contributed by atoms with Gasteiger partial charge in [0.15, 0.2) is 0 Å². The Hall–Kier alpha value is -0.910. The van der Waals surface area contributed by atoms with Crippen LogP contribution in [0.15, 0.2) is 11.4 Å². The molecule has 1 amide bonds. The van der Waals surface area contributed by atoms with E-state index in [1.165, 1.54) is 19.3 Å². The zero-order valence-electron chi connectivity index (χ0n) is 11.8. The molecule has 1 aromatic heterocycles. The standard InChI is InChI=1S/C15H24N2O2S/c16-15(19)12-8-13(20-10-12)9-17-7-3-5-11-4-1-2-6-14(11)18/h8,10-11,14,17-18H,1-7,9H2,(H2,16,19). The van der Waals surface area contributed by atoms with Crippen LogP contribution < -0.4 is 11.1 Å². The lowest BCUT2D eigenvalue weighted by Crippen LogP contribution is -2.25. The molecule has 1 saturated carbocycles. The van der Waals surface area contributed by atoms with Crippen LogP contribution in [-0.2, 0) is 6.54 Å². The van der Waals surface area contributed by atoms with E-state index in [1.807, 2.05) is 6.07 Å². The first-order valence-electron chi connectivity index (χ1n) is 7.43. The second kappa shape index (κ2) is 7.76. The number of carbonyl (C=O) groups excluding carboxylic acids is 1. The van der Waals surface area contributed by atoms with Gasteiger partial charge in [-0.2, -0.15) is 0 Å². The van der Waals surface area contributed by atoms with Gasteiger partial charge in [0.25, 0.3) is 0 Å². The number of nitrogens with two attached hydrogens (primary N) is 1. The van der Waals surface area contributed by atoms with Gasteiger partial charge in [0, 0.05) is 16.8 Å². The van der Waals surface area contributed by atoms with Crippen LogP contribution in [0.1, 0.15) is 53.8 Å². The highest BCUT2D eigenvalue weighted by Crippen LogP contribution is 2.27. The third kappa shape index (κ3) is 4.58. The van der Waals surface area contributed by atoms with Crippen LogP contribution in [0.2, 0.25) is 0 Å². The summed E-state index contributed by atoms with van der Waals surface area (Å²) in [6, 6.07) is 1.85. The Morgan fingerprint density at radius 2 is 2.25 bits per heavy atom. The van der Waals surface area contributed by atoms with Crippen molar-refractivity contribution in [3.63, 3.8) is 0 Å². The Bertz CT molecular complexity index is 433. The van der Waals surface area contributed by atoms with Crippen molar-refractivity contribution in [1.82, 2.24) is 5.32 Å². The van der Waals surface area contributed by atoms with Gasteiger partial charge in [-0.1, -0.05) is 12.8 Å². The monoisotopic (exact) mass is 296 g/mol. The number of aliphatic hydroxyl groups is 1. The molecule has 1 aromatic rings. The smallest absolute Gasteiger partial charge is 0.249 e. The Morgan fingerprint density at radius 1 is 1.45 bits per heavy atom. The van der Waals surface area contributed by atoms with E-state index in [4.69, 9.17) is 5.73 Å². The Kier molecular flexibility index (Phi) is 6.01. The Morgan fingerprint density at radius 3 is 2.95 bits per heavy atom. The largest absolute Gasteiger partial charge is 0.393 e. The molecule has 1 heterocycles. The molecule has 0 aromatic carbocycles. The molecule has 4 N–H and O–H groups in total. The van der Waals surface area contributed by atoms with Crippen LogP contribution in [0.25, 0.3) is 0 Å². The summed E-state index contributed by atoms with van der Waals surface area (Å²) in [6.07, 6.45) is 6.70.